The first-order valence-electron chi connectivity index (χ1n) is 12.1. The Morgan fingerprint density at radius 2 is 1.76 bits per heavy atom. The molecule has 1 atom stereocenters. The summed E-state index contributed by atoms with van der Waals surface area (Å²) in [6, 6.07) is 14.6. The minimum absolute atomic E-state index is 0.0650. The summed E-state index contributed by atoms with van der Waals surface area (Å²) in [5, 5.41) is 2.60. The Hall–Kier alpha value is -3.65. The maximum Gasteiger partial charge on any atom is 0.410 e. The van der Waals surface area contributed by atoms with Crippen LogP contribution in [0.3, 0.4) is 0 Å². The maximum absolute atomic E-state index is 15.4. The standard InChI is InChI=1S/C29H29ClF2N2O4/c1-28(2,3)34(27(36)37-5)16-29(17-9-7-6-8-10-17)15-19-22(38-29)14-12-20(30)23(19)24-18(26(35)33-4)11-13-21(31)25(24)32/h6-14H,15-16H2,1-5H3,(H,33,35). The van der Waals surface area contributed by atoms with Crippen LogP contribution in [0.2, 0.25) is 5.02 Å². The monoisotopic (exact) mass is 542 g/mol. The van der Waals surface area contributed by atoms with Crippen LogP contribution >= 0.6 is 11.6 Å². The van der Waals surface area contributed by atoms with Gasteiger partial charge in [0.05, 0.1) is 19.2 Å². The van der Waals surface area contributed by atoms with Gasteiger partial charge in [0.1, 0.15) is 5.75 Å². The number of methoxy groups -OCH3 is 1. The lowest BCUT2D eigenvalue weighted by Gasteiger charge is -2.41. The van der Waals surface area contributed by atoms with Crippen molar-refractivity contribution in [1.29, 1.82) is 0 Å². The second-order valence-electron chi connectivity index (χ2n) is 10.1. The van der Waals surface area contributed by atoms with Gasteiger partial charge in [-0.1, -0.05) is 41.9 Å². The number of carbonyl (C=O) groups excluding carboxylic acids is 2. The maximum atomic E-state index is 15.4. The molecule has 0 aliphatic carbocycles. The molecule has 9 heteroatoms. The topological polar surface area (TPSA) is 67.9 Å². The summed E-state index contributed by atoms with van der Waals surface area (Å²) in [4.78, 5) is 27.1. The number of carbonyl (C=O) groups is 2. The molecule has 0 spiro atoms. The zero-order valence-corrected chi connectivity index (χ0v) is 22.6. The fourth-order valence-corrected chi connectivity index (χ4v) is 5.09. The highest BCUT2D eigenvalue weighted by molar-refractivity contribution is 6.34. The molecule has 1 unspecified atom stereocenters. The van der Waals surface area contributed by atoms with E-state index < -0.39 is 34.8 Å². The molecule has 4 rings (SSSR count). The molecule has 6 nitrogen and oxygen atoms in total. The van der Waals surface area contributed by atoms with Crippen LogP contribution in [0.25, 0.3) is 11.1 Å². The highest BCUT2D eigenvalue weighted by Crippen LogP contribution is 2.50. The molecule has 0 saturated carbocycles. The molecule has 0 aromatic heterocycles. The third-order valence-corrected chi connectivity index (χ3v) is 7.04. The van der Waals surface area contributed by atoms with Crippen LogP contribution in [-0.4, -0.2) is 43.1 Å². The lowest BCUT2D eigenvalue weighted by molar-refractivity contribution is 0.00842. The number of halogens is 3. The smallest absolute Gasteiger partial charge is 0.410 e. The van der Waals surface area contributed by atoms with Crippen LogP contribution in [0.5, 0.6) is 5.75 Å². The van der Waals surface area contributed by atoms with Gasteiger partial charge < -0.3 is 14.8 Å². The number of nitrogens with one attached hydrogen (secondary N) is 1. The summed E-state index contributed by atoms with van der Waals surface area (Å²) in [6.45, 7) is 5.73. The van der Waals surface area contributed by atoms with Crippen molar-refractivity contribution in [3.63, 3.8) is 0 Å². The normalized spacial score (nSPS) is 16.4. The molecular weight excluding hydrogens is 514 g/mol. The Labute approximate surface area is 225 Å². The zero-order valence-electron chi connectivity index (χ0n) is 21.8. The van der Waals surface area contributed by atoms with Gasteiger partial charge in [0.25, 0.3) is 5.91 Å². The number of hydrogen-bond acceptors (Lipinski definition) is 4. The molecule has 3 aromatic carbocycles. The third kappa shape index (κ3) is 4.80. The molecule has 0 radical (unpaired) electrons. The molecule has 0 fully saturated rings. The lowest BCUT2D eigenvalue weighted by atomic mass is 9.84. The molecule has 1 N–H and O–H groups in total. The number of rotatable bonds is 5. The number of ether oxygens (including phenoxy) is 2. The van der Waals surface area contributed by atoms with Crippen molar-refractivity contribution in [2.24, 2.45) is 0 Å². The number of benzene rings is 3. The second-order valence-corrected chi connectivity index (χ2v) is 10.5. The highest BCUT2D eigenvalue weighted by Gasteiger charge is 2.47. The number of fused-ring (bicyclic) bond motifs is 1. The molecule has 38 heavy (non-hydrogen) atoms. The van der Waals surface area contributed by atoms with Gasteiger partial charge in [-0.2, -0.15) is 0 Å². The largest absolute Gasteiger partial charge is 0.480 e. The molecule has 0 bridgehead atoms. The van der Waals surface area contributed by atoms with Crippen LogP contribution in [0, 0.1) is 11.6 Å². The molecule has 200 valence electrons. The van der Waals surface area contributed by atoms with Crippen molar-refractivity contribution in [1.82, 2.24) is 10.2 Å². The Morgan fingerprint density at radius 1 is 1.08 bits per heavy atom. The first kappa shape index (κ1) is 27.4. The van der Waals surface area contributed by atoms with Gasteiger partial charge in [-0.25, -0.2) is 13.6 Å². The van der Waals surface area contributed by atoms with E-state index in [0.717, 1.165) is 11.6 Å². The average molecular weight is 543 g/mol. The Balaban J connectivity index is 1.95. The fraction of sp³-hybridized carbons (Fsp3) is 0.310. The van der Waals surface area contributed by atoms with E-state index in [1.54, 1.807) is 11.0 Å². The Morgan fingerprint density at radius 3 is 2.37 bits per heavy atom. The molecule has 2 amide bonds. The van der Waals surface area contributed by atoms with Gasteiger partial charge >= 0.3 is 6.09 Å². The van der Waals surface area contributed by atoms with Crippen molar-refractivity contribution in [3.05, 3.63) is 87.9 Å². The van der Waals surface area contributed by atoms with Crippen LogP contribution < -0.4 is 10.1 Å². The number of nitrogens with zero attached hydrogens (tertiary/aromatic N) is 1. The van der Waals surface area contributed by atoms with Gasteiger partial charge in [0, 0.05) is 40.7 Å². The van der Waals surface area contributed by atoms with Gasteiger partial charge in [0.2, 0.25) is 0 Å². The molecule has 3 aromatic rings. The van der Waals surface area contributed by atoms with E-state index in [1.807, 2.05) is 51.1 Å². The minimum atomic E-state index is -1.19. The fourth-order valence-electron chi connectivity index (χ4n) is 4.82. The summed E-state index contributed by atoms with van der Waals surface area (Å²) in [5.41, 5.74) is -0.629. The van der Waals surface area contributed by atoms with Crippen molar-refractivity contribution in [2.45, 2.75) is 38.3 Å². The second kappa shape index (κ2) is 10.3. The van der Waals surface area contributed by atoms with Gasteiger partial charge in [0.15, 0.2) is 17.2 Å². The van der Waals surface area contributed by atoms with E-state index in [0.29, 0.717) is 11.3 Å². The first-order valence-corrected chi connectivity index (χ1v) is 12.4. The van der Waals surface area contributed by atoms with E-state index in [4.69, 9.17) is 21.1 Å². The van der Waals surface area contributed by atoms with Crippen LogP contribution in [-0.2, 0) is 16.8 Å². The van der Waals surface area contributed by atoms with Crippen molar-refractivity contribution < 1.29 is 27.8 Å². The van der Waals surface area contributed by atoms with Gasteiger partial charge in [-0.3, -0.25) is 9.69 Å². The van der Waals surface area contributed by atoms with E-state index >= 15 is 4.39 Å². The molecule has 0 saturated heterocycles. The third-order valence-electron chi connectivity index (χ3n) is 6.72. The summed E-state index contributed by atoms with van der Waals surface area (Å²) < 4.78 is 41.6. The van der Waals surface area contributed by atoms with Crippen LogP contribution in [0.4, 0.5) is 13.6 Å². The predicted molar refractivity (Wildman–Crippen MR) is 142 cm³/mol. The highest BCUT2D eigenvalue weighted by atomic mass is 35.5. The molecule has 1 heterocycles. The van der Waals surface area contributed by atoms with E-state index in [9.17, 15) is 14.0 Å². The van der Waals surface area contributed by atoms with Crippen molar-refractivity contribution >= 4 is 23.6 Å². The average Bonchev–Trinajstić information content (AvgIpc) is 3.28. The molecular formula is C29H29ClF2N2O4. The van der Waals surface area contributed by atoms with Gasteiger partial charge in [-0.15, -0.1) is 0 Å². The van der Waals surface area contributed by atoms with Crippen molar-refractivity contribution in [3.8, 4) is 16.9 Å². The van der Waals surface area contributed by atoms with Crippen LogP contribution in [0.15, 0.2) is 54.6 Å². The van der Waals surface area contributed by atoms with Crippen LogP contribution in [0.1, 0.15) is 42.3 Å². The Bertz CT molecular complexity index is 1390. The zero-order chi connectivity index (χ0) is 27.8. The van der Waals surface area contributed by atoms with E-state index in [-0.39, 0.29) is 34.7 Å². The number of amides is 2. The molecule has 1 aliphatic rings. The lowest BCUT2D eigenvalue weighted by Crippen LogP contribution is -2.54. The SMILES string of the molecule is CNC(=O)c1ccc(F)c(F)c1-c1c(Cl)ccc2c1CC(CN(C(=O)OC)C(C)(C)C)(c1ccccc1)O2. The summed E-state index contributed by atoms with van der Waals surface area (Å²) in [7, 11) is 2.72. The van der Waals surface area contributed by atoms with Crippen molar-refractivity contribution in [2.75, 3.05) is 20.7 Å². The van der Waals surface area contributed by atoms with E-state index in [1.165, 1.54) is 26.3 Å². The summed E-state index contributed by atoms with van der Waals surface area (Å²) in [5.74, 6) is -2.51. The molecule has 1 aliphatic heterocycles. The quantitative estimate of drug-likeness (QED) is 0.408. The minimum Gasteiger partial charge on any atom is -0.480 e. The summed E-state index contributed by atoms with van der Waals surface area (Å²) >= 11 is 6.62. The summed E-state index contributed by atoms with van der Waals surface area (Å²) in [6.07, 6.45) is -0.377. The predicted octanol–water partition coefficient (Wildman–Crippen LogP) is 6.34. The Kier molecular flexibility index (Phi) is 7.39. The van der Waals surface area contributed by atoms with Gasteiger partial charge in [-0.05, 0) is 50.6 Å². The van der Waals surface area contributed by atoms with E-state index in [2.05, 4.69) is 5.32 Å². The number of hydrogen-bond donors (Lipinski definition) is 1. The first-order chi connectivity index (χ1) is 17.9.